The fourth-order valence-corrected chi connectivity index (χ4v) is 4.75. The smallest absolute Gasteiger partial charge is 0.174 e. The summed E-state index contributed by atoms with van der Waals surface area (Å²) in [4.78, 5) is 12.3. The van der Waals surface area contributed by atoms with E-state index in [0.29, 0.717) is 25.4 Å². The Labute approximate surface area is 109 Å². The SMILES string of the molecule is CC12CCC3(OCCO3)C(C)(C)C1(C)CCC2=O. The molecule has 3 heteroatoms. The van der Waals surface area contributed by atoms with Gasteiger partial charge in [-0.05, 0) is 18.3 Å². The van der Waals surface area contributed by atoms with E-state index in [4.69, 9.17) is 9.47 Å². The molecule has 2 aliphatic carbocycles. The molecule has 1 spiro atoms. The van der Waals surface area contributed by atoms with E-state index in [2.05, 4.69) is 27.7 Å². The number of ketones is 1. The molecule has 0 aromatic heterocycles. The van der Waals surface area contributed by atoms with Gasteiger partial charge in [-0.2, -0.15) is 0 Å². The predicted molar refractivity (Wildman–Crippen MR) is 68.1 cm³/mol. The molecule has 102 valence electrons. The Morgan fingerprint density at radius 2 is 1.56 bits per heavy atom. The molecule has 3 aliphatic rings. The topological polar surface area (TPSA) is 35.5 Å². The van der Waals surface area contributed by atoms with E-state index in [1.54, 1.807) is 0 Å². The summed E-state index contributed by atoms with van der Waals surface area (Å²) in [6.07, 6.45) is 3.42. The Balaban J connectivity index is 2.10. The number of carbonyl (C=O) groups excluding carboxylic acids is 1. The summed E-state index contributed by atoms with van der Waals surface area (Å²) < 4.78 is 12.0. The van der Waals surface area contributed by atoms with Gasteiger partial charge in [0, 0.05) is 23.7 Å². The summed E-state index contributed by atoms with van der Waals surface area (Å²) >= 11 is 0. The highest BCUT2D eigenvalue weighted by Crippen LogP contribution is 2.70. The number of hydrogen-bond donors (Lipinski definition) is 0. The third-order valence-electron chi connectivity index (χ3n) is 6.72. The number of carbonyl (C=O) groups is 1. The lowest BCUT2D eigenvalue weighted by atomic mass is 9.46. The Kier molecular flexibility index (Phi) is 2.36. The summed E-state index contributed by atoms with van der Waals surface area (Å²) in [6.45, 7) is 10.3. The molecule has 1 saturated heterocycles. The molecule has 0 amide bonds. The van der Waals surface area contributed by atoms with Crippen molar-refractivity contribution in [3.05, 3.63) is 0 Å². The number of Topliss-reactive ketones (excluding diaryl/α,β-unsaturated/α-hetero) is 1. The van der Waals surface area contributed by atoms with Gasteiger partial charge in [0.2, 0.25) is 0 Å². The molecule has 0 radical (unpaired) electrons. The van der Waals surface area contributed by atoms with Crippen molar-refractivity contribution < 1.29 is 14.3 Å². The van der Waals surface area contributed by atoms with Crippen LogP contribution in [0, 0.1) is 16.2 Å². The van der Waals surface area contributed by atoms with E-state index < -0.39 is 5.79 Å². The maximum atomic E-state index is 12.3. The van der Waals surface area contributed by atoms with E-state index in [1.165, 1.54) is 0 Å². The third-order valence-corrected chi connectivity index (χ3v) is 6.72. The highest BCUT2D eigenvalue weighted by Gasteiger charge is 2.71. The van der Waals surface area contributed by atoms with E-state index in [-0.39, 0.29) is 16.2 Å². The minimum absolute atomic E-state index is 0.0281. The second-order valence-corrected chi connectivity index (χ2v) is 7.16. The van der Waals surface area contributed by atoms with Crippen LogP contribution in [0.5, 0.6) is 0 Å². The second-order valence-electron chi connectivity index (χ2n) is 7.16. The molecular formula is C15H24O3. The van der Waals surface area contributed by atoms with Crippen LogP contribution in [0.15, 0.2) is 0 Å². The lowest BCUT2D eigenvalue weighted by Gasteiger charge is -2.61. The molecule has 2 unspecified atom stereocenters. The van der Waals surface area contributed by atoms with Gasteiger partial charge in [-0.3, -0.25) is 4.79 Å². The van der Waals surface area contributed by atoms with Crippen LogP contribution in [0.3, 0.4) is 0 Å². The number of rotatable bonds is 0. The van der Waals surface area contributed by atoms with Crippen LogP contribution in [0.2, 0.25) is 0 Å². The fraction of sp³-hybridized carbons (Fsp3) is 0.933. The highest BCUT2D eigenvalue weighted by molar-refractivity contribution is 5.88. The maximum absolute atomic E-state index is 12.3. The van der Waals surface area contributed by atoms with Crippen LogP contribution in [0.25, 0.3) is 0 Å². The normalized spacial score (nSPS) is 45.4. The fourth-order valence-electron chi connectivity index (χ4n) is 4.75. The average molecular weight is 252 g/mol. The van der Waals surface area contributed by atoms with Crippen molar-refractivity contribution in [3.63, 3.8) is 0 Å². The third kappa shape index (κ3) is 1.11. The van der Waals surface area contributed by atoms with Gasteiger partial charge in [0.05, 0.1) is 13.2 Å². The average Bonchev–Trinajstić information content (AvgIpc) is 2.88. The molecule has 2 atom stereocenters. The van der Waals surface area contributed by atoms with Crippen LogP contribution in [-0.2, 0) is 14.3 Å². The molecule has 1 heterocycles. The van der Waals surface area contributed by atoms with E-state index in [0.717, 1.165) is 19.3 Å². The molecule has 3 nitrogen and oxygen atoms in total. The number of ether oxygens (including phenoxy) is 2. The summed E-state index contributed by atoms with van der Waals surface area (Å²) in [5.41, 5.74) is -0.355. The molecule has 0 aromatic rings. The summed E-state index contributed by atoms with van der Waals surface area (Å²) in [5, 5.41) is 0. The summed E-state index contributed by atoms with van der Waals surface area (Å²) in [7, 11) is 0. The van der Waals surface area contributed by atoms with Crippen LogP contribution < -0.4 is 0 Å². The lowest BCUT2D eigenvalue weighted by molar-refractivity contribution is -0.300. The minimum atomic E-state index is -0.466. The van der Waals surface area contributed by atoms with Crippen molar-refractivity contribution in [3.8, 4) is 0 Å². The maximum Gasteiger partial charge on any atom is 0.174 e. The van der Waals surface area contributed by atoms with Gasteiger partial charge in [-0.1, -0.05) is 27.7 Å². The zero-order valence-electron chi connectivity index (χ0n) is 12.0. The first kappa shape index (κ1) is 12.6. The van der Waals surface area contributed by atoms with Gasteiger partial charge in [-0.25, -0.2) is 0 Å². The van der Waals surface area contributed by atoms with Gasteiger partial charge in [0.1, 0.15) is 5.78 Å². The van der Waals surface area contributed by atoms with Gasteiger partial charge >= 0.3 is 0 Å². The first-order valence-corrected chi connectivity index (χ1v) is 7.10. The van der Waals surface area contributed by atoms with Crippen LogP contribution >= 0.6 is 0 Å². The van der Waals surface area contributed by atoms with Crippen LogP contribution in [0.4, 0.5) is 0 Å². The first-order valence-electron chi connectivity index (χ1n) is 7.10. The molecule has 2 saturated carbocycles. The quantitative estimate of drug-likeness (QED) is 0.665. The predicted octanol–water partition coefficient (Wildman–Crippen LogP) is 2.93. The Morgan fingerprint density at radius 1 is 0.944 bits per heavy atom. The number of fused-ring (bicyclic) bond motifs is 1. The largest absolute Gasteiger partial charge is 0.347 e. The van der Waals surface area contributed by atoms with Crippen LogP contribution in [-0.4, -0.2) is 24.8 Å². The summed E-state index contributed by atoms with van der Waals surface area (Å²) in [6, 6.07) is 0. The van der Waals surface area contributed by atoms with E-state index >= 15 is 0 Å². The molecular weight excluding hydrogens is 228 g/mol. The Bertz CT molecular complexity index is 395. The summed E-state index contributed by atoms with van der Waals surface area (Å²) in [5.74, 6) is -0.0304. The van der Waals surface area contributed by atoms with Crippen molar-refractivity contribution >= 4 is 5.78 Å². The van der Waals surface area contributed by atoms with E-state index in [9.17, 15) is 4.79 Å². The monoisotopic (exact) mass is 252 g/mol. The van der Waals surface area contributed by atoms with Crippen molar-refractivity contribution in [2.75, 3.05) is 13.2 Å². The standard InChI is InChI=1S/C15H24O3/c1-12(2)14(4)6-5-11(16)13(14,3)7-8-15(12)17-9-10-18-15/h5-10H2,1-4H3. The molecule has 0 aromatic carbocycles. The van der Waals surface area contributed by atoms with Crippen molar-refractivity contribution in [2.45, 2.75) is 59.2 Å². The zero-order valence-corrected chi connectivity index (χ0v) is 12.0. The molecule has 3 rings (SSSR count). The zero-order chi connectivity index (χ0) is 13.2. The minimum Gasteiger partial charge on any atom is -0.347 e. The Hall–Kier alpha value is -0.410. The molecule has 0 N–H and O–H groups in total. The number of hydrogen-bond acceptors (Lipinski definition) is 3. The van der Waals surface area contributed by atoms with Gasteiger partial charge in [0.25, 0.3) is 0 Å². The van der Waals surface area contributed by atoms with Crippen LogP contribution in [0.1, 0.15) is 53.4 Å². The van der Waals surface area contributed by atoms with Crippen molar-refractivity contribution in [1.29, 1.82) is 0 Å². The van der Waals surface area contributed by atoms with Gasteiger partial charge in [-0.15, -0.1) is 0 Å². The second kappa shape index (κ2) is 3.37. The lowest BCUT2D eigenvalue weighted by Crippen LogP contribution is -2.63. The van der Waals surface area contributed by atoms with E-state index in [1.807, 2.05) is 0 Å². The molecule has 3 fully saturated rings. The first-order chi connectivity index (χ1) is 8.29. The highest BCUT2D eigenvalue weighted by atomic mass is 16.7. The molecule has 0 bridgehead atoms. The molecule has 18 heavy (non-hydrogen) atoms. The van der Waals surface area contributed by atoms with Crippen molar-refractivity contribution in [2.24, 2.45) is 16.2 Å². The van der Waals surface area contributed by atoms with Crippen molar-refractivity contribution in [1.82, 2.24) is 0 Å². The molecule has 1 aliphatic heterocycles. The Morgan fingerprint density at radius 3 is 2.17 bits per heavy atom. The van der Waals surface area contributed by atoms with Gasteiger partial charge < -0.3 is 9.47 Å². The van der Waals surface area contributed by atoms with Gasteiger partial charge in [0.15, 0.2) is 5.79 Å².